The Morgan fingerprint density at radius 1 is 0.159 bits per heavy atom. The molecule has 380 valence electrons. The molecule has 0 atom stereocenters. The van der Waals surface area contributed by atoms with Gasteiger partial charge in [-0.25, -0.2) is 8.78 Å². The average Bonchev–Trinajstić information content (AvgIpc) is 2.84. The van der Waals surface area contributed by atoms with Crippen molar-refractivity contribution in [3.63, 3.8) is 0 Å². The maximum atomic E-state index is 14.9. The number of hydrogen-bond acceptors (Lipinski definition) is 0. The van der Waals surface area contributed by atoms with Gasteiger partial charge in [-0.3, -0.25) is 0 Å². The highest BCUT2D eigenvalue weighted by molar-refractivity contribution is 6.44. The maximum Gasteiger partial charge on any atom is 0.123 e. The van der Waals surface area contributed by atoms with Crippen LogP contribution >= 0.6 is 0 Å². The molecule has 0 nitrogen and oxygen atoms in total. The van der Waals surface area contributed by atoms with Crippen LogP contribution in [0.5, 0.6) is 0 Å². The van der Waals surface area contributed by atoms with E-state index in [-0.39, 0.29) is 11.6 Å². The van der Waals surface area contributed by atoms with Gasteiger partial charge in [0, 0.05) is 0 Å². The molecule has 15 aromatic carbocycles. The van der Waals surface area contributed by atoms with Crippen molar-refractivity contribution in [1.82, 2.24) is 0 Å². The minimum atomic E-state index is -0.260. The molecule has 82 heavy (non-hydrogen) atoms. The van der Waals surface area contributed by atoms with Crippen LogP contribution in [0.3, 0.4) is 0 Å². The summed E-state index contributed by atoms with van der Waals surface area (Å²) in [6.45, 7) is 0. The predicted molar refractivity (Wildman–Crippen MR) is 340 cm³/mol. The molecule has 0 unspecified atom stereocenters. The molecule has 0 spiro atoms. The molecule has 0 saturated carbocycles. The summed E-state index contributed by atoms with van der Waals surface area (Å²) in [5.41, 5.74) is 27.3. The Balaban J connectivity index is 1.05. The Morgan fingerprint density at radius 3 is 0.744 bits per heavy atom. The third-order valence-corrected chi connectivity index (χ3v) is 17.7. The summed E-state index contributed by atoms with van der Waals surface area (Å²) >= 11 is 0. The molecule has 2 aliphatic rings. The van der Waals surface area contributed by atoms with Gasteiger partial charge >= 0.3 is 0 Å². The van der Waals surface area contributed by atoms with Gasteiger partial charge in [0.1, 0.15) is 11.6 Å². The first-order valence-corrected chi connectivity index (χ1v) is 28.1. The maximum absolute atomic E-state index is 14.9. The van der Waals surface area contributed by atoms with Gasteiger partial charge in [0.05, 0.1) is 0 Å². The predicted octanol–water partition coefficient (Wildman–Crippen LogP) is 22.6. The Labute approximate surface area is 473 Å². The molecule has 0 amide bonds. The molecular formula is C80H46F2. The highest BCUT2D eigenvalue weighted by Crippen LogP contribution is 2.63. The zero-order valence-corrected chi connectivity index (χ0v) is 44.3. The van der Waals surface area contributed by atoms with Gasteiger partial charge in [-0.2, -0.15) is 0 Å². The monoisotopic (exact) mass is 1040 g/mol. The van der Waals surface area contributed by atoms with Gasteiger partial charge in [0.25, 0.3) is 0 Å². The van der Waals surface area contributed by atoms with Crippen LogP contribution in [0.15, 0.2) is 279 Å². The Kier molecular flexibility index (Phi) is 10.2. The highest BCUT2D eigenvalue weighted by atomic mass is 19.1. The van der Waals surface area contributed by atoms with Gasteiger partial charge in [0.15, 0.2) is 0 Å². The first-order valence-electron chi connectivity index (χ1n) is 28.1. The van der Waals surface area contributed by atoms with Crippen molar-refractivity contribution in [2.45, 2.75) is 0 Å². The van der Waals surface area contributed by atoms with Crippen molar-refractivity contribution in [3.8, 4) is 134 Å². The van der Waals surface area contributed by atoms with E-state index in [0.29, 0.717) is 0 Å². The van der Waals surface area contributed by atoms with E-state index in [1.54, 1.807) is 24.3 Å². The summed E-state index contributed by atoms with van der Waals surface area (Å²) in [4.78, 5) is 0. The number of fused-ring (bicyclic) bond motifs is 8. The van der Waals surface area contributed by atoms with Gasteiger partial charge in [-0.1, -0.05) is 243 Å². The van der Waals surface area contributed by atoms with Gasteiger partial charge < -0.3 is 0 Å². The van der Waals surface area contributed by atoms with Crippen LogP contribution in [-0.2, 0) is 0 Å². The Hall–Kier alpha value is -10.5. The van der Waals surface area contributed by atoms with E-state index in [4.69, 9.17) is 0 Å². The summed E-state index contributed by atoms with van der Waals surface area (Å²) in [6, 6.07) is 98.6. The number of benzene rings is 15. The van der Waals surface area contributed by atoms with E-state index in [9.17, 15) is 8.78 Å². The van der Waals surface area contributed by atoms with Gasteiger partial charge in [0.2, 0.25) is 0 Å². The van der Waals surface area contributed by atoms with Gasteiger partial charge in [-0.15, -0.1) is 0 Å². The standard InChI is InChI=1S/C80H46F2/c81-57-33-29-53(30-34-57)61-39-38-60(52-19-11-4-12-20-52)73-69-45-67(55-25-21-49(22-26-55)47-13-5-1-6-14-47)75-65-43-41-63-71-59(51-17-9-3-10-18-51)37-40-62(54-31-35-58(82)36-32-54)74(71)70-46-68(56-27-23-50(24-28-56)48-15-7-2-8-16-48)76(79(65)77(63)70)66-44-42-64(72(61)73)78(69)80(66)75/h1-46H. The molecule has 0 N–H and O–H groups in total. The lowest BCUT2D eigenvalue weighted by Gasteiger charge is -2.22. The van der Waals surface area contributed by atoms with Crippen molar-refractivity contribution in [3.05, 3.63) is 291 Å². The molecule has 0 aliphatic heterocycles. The molecule has 0 saturated heterocycles. The fraction of sp³-hybridized carbons (Fsp3) is 0. The van der Waals surface area contributed by atoms with E-state index in [1.807, 2.05) is 24.3 Å². The highest BCUT2D eigenvalue weighted by Gasteiger charge is 2.35. The fourth-order valence-corrected chi connectivity index (χ4v) is 14.1. The molecule has 17 rings (SSSR count). The summed E-state index contributed by atoms with van der Waals surface area (Å²) in [5, 5.41) is 9.68. The second-order valence-corrected chi connectivity index (χ2v) is 22.0. The SMILES string of the molecule is Fc1ccc(-c2ccc(-c3ccccc3)c3c2-c2ccc4c5c(-c6ccc(-c7ccccc7)cc6)cc6c7c(ccc(c8c(-c9ccc(-c%10ccccc%10)cc9)cc-3c2c48)c75)-c2c(-c3ccccc3)ccc(-c3ccc(F)cc3)c2-6)cc1. The number of rotatable bonds is 8. The van der Waals surface area contributed by atoms with Crippen LogP contribution in [0.2, 0.25) is 0 Å². The lowest BCUT2D eigenvalue weighted by atomic mass is 9.80. The topological polar surface area (TPSA) is 0 Å². The van der Waals surface area contributed by atoms with Crippen molar-refractivity contribution >= 4 is 43.1 Å². The van der Waals surface area contributed by atoms with Crippen molar-refractivity contribution < 1.29 is 8.78 Å². The van der Waals surface area contributed by atoms with Crippen molar-refractivity contribution in [2.75, 3.05) is 0 Å². The van der Waals surface area contributed by atoms with Crippen molar-refractivity contribution in [1.29, 1.82) is 0 Å². The molecule has 2 heteroatoms. The molecular weight excluding hydrogens is 999 g/mol. The second kappa shape index (κ2) is 18.0. The molecule has 0 bridgehead atoms. The smallest absolute Gasteiger partial charge is 0.123 e. The van der Waals surface area contributed by atoms with Crippen LogP contribution in [0.4, 0.5) is 8.78 Å². The zero-order valence-electron chi connectivity index (χ0n) is 44.3. The minimum absolute atomic E-state index is 0.259. The number of hydrogen-bond donors (Lipinski definition) is 0. The largest absolute Gasteiger partial charge is 0.207 e. The molecule has 2 aliphatic carbocycles. The van der Waals surface area contributed by atoms with Crippen LogP contribution < -0.4 is 0 Å². The summed E-state index contributed by atoms with van der Waals surface area (Å²) in [7, 11) is 0. The van der Waals surface area contributed by atoms with E-state index in [0.717, 1.165) is 89.0 Å². The lowest BCUT2D eigenvalue weighted by molar-refractivity contribution is 0.627. The van der Waals surface area contributed by atoms with E-state index in [2.05, 4.69) is 231 Å². The third-order valence-electron chi connectivity index (χ3n) is 17.7. The van der Waals surface area contributed by atoms with E-state index >= 15 is 0 Å². The summed E-state index contributed by atoms with van der Waals surface area (Å²) < 4.78 is 29.7. The summed E-state index contributed by atoms with van der Waals surface area (Å²) in [6.07, 6.45) is 0. The first kappa shape index (κ1) is 46.4. The van der Waals surface area contributed by atoms with Gasteiger partial charge in [-0.05, 0) is 213 Å². The molecule has 0 radical (unpaired) electrons. The fourth-order valence-electron chi connectivity index (χ4n) is 14.1. The van der Waals surface area contributed by atoms with Crippen LogP contribution in [0.1, 0.15) is 0 Å². The molecule has 0 fully saturated rings. The van der Waals surface area contributed by atoms with Crippen LogP contribution in [0, 0.1) is 11.6 Å². The average molecular weight is 1050 g/mol. The number of halogens is 2. The minimum Gasteiger partial charge on any atom is -0.207 e. The van der Waals surface area contributed by atoms with Crippen LogP contribution in [-0.4, -0.2) is 0 Å². The Bertz CT molecular complexity index is 5040. The molecule has 0 aromatic heterocycles. The first-order chi connectivity index (χ1) is 40.5. The summed E-state index contributed by atoms with van der Waals surface area (Å²) in [5.74, 6) is -0.519. The lowest BCUT2D eigenvalue weighted by Crippen LogP contribution is -1.94. The van der Waals surface area contributed by atoms with Crippen LogP contribution in [0.25, 0.3) is 177 Å². The normalized spacial score (nSPS) is 12.0. The zero-order chi connectivity index (χ0) is 54.2. The second-order valence-electron chi connectivity index (χ2n) is 22.0. The van der Waals surface area contributed by atoms with E-state index in [1.165, 1.54) is 87.6 Å². The quantitative estimate of drug-likeness (QED) is 0.105. The third kappa shape index (κ3) is 6.88. The Morgan fingerprint density at radius 2 is 0.402 bits per heavy atom. The van der Waals surface area contributed by atoms with Crippen molar-refractivity contribution in [2.24, 2.45) is 0 Å². The molecule has 0 heterocycles. The molecule has 15 aromatic rings. The van der Waals surface area contributed by atoms with E-state index < -0.39 is 0 Å².